The summed E-state index contributed by atoms with van der Waals surface area (Å²) in [5.74, 6) is 0.369. The van der Waals surface area contributed by atoms with Gasteiger partial charge in [0.1, 0.15) is 5.78 Å². The molecule has 0 aliphatic rings. The number of carbonyl (C=O) groups excluding carboxylic acids is 1. The summed E-state index contributed by atoms with van der Waals surface area (Å²) in [6.07, 6.45) is 2.61. The molecule has 6 atom stereocenters. The molecule has 0 heterocycles. The zero-order chi connectivity index (χ0) is 29.0. The highest BCUT2D eigenvalue weighted by atomic mass is 28.4. The molecule has 0 fully saturated rings. The normalized spacial score (nSPS) is 18.4. The highest BCUT2D eigenvalue weighted by Gasteiger charge is 2.44. The van der Waals surface area contributed by atoms with Gasteiger partial charge in [0.2, 0.25) is 0 Å². The van der Waals surface area contributed by atoms with Crippen LogP contribution in [-0.2, 0) is 13.6 Å². The van der Waals surface area contributed by atoms with Gasteiger partial charge in [0.15, 0.2) is 16.6 Å². The van der Waals surface area contributed by atoms with Gasteiger partial charge in [-0.2, -0.15) is 0 Å². The molecule has 4 nitrogen and oxygen atoms in total. The quantitative estimate of drug-likeness (QED) is 0.120. The van der Waals surface area contributed by atoms with Crippen molar-refractivity contribution in [1.29, 1.82) is 0 Å². The maximum atomic E-state index is 12.6. The summed E-state index contributed by atoms with van der Waals surface area (Å²) in [4.78, 5) is 12.6. The largest absolute Gasteiger partial charge is 0.413 e. The Morgan fingerprint density at radius 2 is 1.14 bits per heavy atom. The second-order valence-electron chi connectivity index (χ2n) is 12.1. The number of allylic oxidation sites excluding steroid dienone is 2. The minimum absolute atomic E-state index is 0.0548. The van der Waals surface area contributed by atoms with Crippen LogP contribution in [0.2, 0.25) is 36.3 Å². The molecule has 0 aromatic heterocycles. The molecule has 0 aromatic rings. The van der Waals surface area contributed by atoms with Crippen molar-refractivity contribution in [2.75, 3.05) is 0 Å². The molecule has 0 aliphatic carbocycles. The zero-order valence-corrected chi connectivity index (χ0v) is 28.9. The first-order valence-corrected chi connectivity index (χ1v) is 20.5. The van der Waals surface area contributed by atoms with Crippen LogP contribution in [0.25, 0.3) is 0 Å². The average molecular weight is 557 g/mol. The summed E-state index contributed by atoms with van der Waals surface area (Å²) in [5, 5.41) is 11.3. The van der Waals surface area contributed by atoms with Gasteiger partial charge in [-0.3, -0.25) is 4.79 Å². The molecule has 37 heavy (non-hydrogen) atoms. The molecule has 0 bridgehead atoms. The molecular formula is C31H64O4Si2. The second kappa shape index (κ2) is 17.4. The molecule has 0 aromatic carbocycles. The number of aliphatic hydroxyl groups excluding tert-OH is 1. The van der Waals surface area contributed by atoms with E-state index < -0.39 is 22.7 Å². The maximum Gasteiger partial charge on any atom is 0.192 e. The van der Waals surface area contributed by atoms with Crippen LogP contribution < -0.4 is 0 Å². The Labute approximate surface area is 233 Å². The minimum Gasteiger partial charge on any atom is -0.413 e. The third-order valence-electron chi connectivity index (χ3n) is 9.55. The van der Waals surface area contributed by atoms with Crippen LogP contribution in [0.15, 0.2) is 11.6 Å². The van der Waals surface area contributed by atoms with Gasteiger partial charge in [-0.25, -0.2) is 0 Å². The van der Waals surface area contributed by atoms with Crippen molar-refractivity contribution in [3.8, 4) is 0 Å². The Morgan fingerprint density at radius 3 is 1.49 bits per heavy atom. The van der Waals surface area contributed by atoms with Crippen molar-refractivity contribution >= 4 is 22.4 Å². The van der Waals surface area contributed by atoms with E-state index in [9.17, 15) is 9.90 Å². The molecule has 0 spiro atoms. The lowest BCUT2D eigenvalue weighted by molar-refractivity contribution is -0.125. The Morgan fingerprint density at radius 1 is 0.730 bits per heavy atom. The summed E-state index contributed by atoms with van der Waals surface area (Å²) in [5.41, 5.74) is 1.39. The van der Waals surface area contributed by atoms with Crippen LogP contribution in [0.4, 0.5) is 0 Å². The molecule has 1 N–H and O–H groups in total. The predicted octanol–water partition coefficient (Wildman–Crippen LogP) is 9.01. The number of hydrogen-bond donors (Lipinski definition) is 1. The van der Waals surface area contributed by atoms with E-state index >= 15 is 0 Å². The summed E-state index contributed by atoms with van der Waals surface area (Å²) in [6, 6.07) is 6.53. The summed E-state index contributed by atoms with van der Waals surface area (Å²) in [6.45, 7) is 28.6. The lowest BCUT2D eigenvalue weighted by Gasteiger charge is -2.46. The number of Topliss-reactive ketones (excluding diaryl/α,β-unsaturated/α-hetero) is 1. The monoisotopic (exact) mass is 556 g/mol. The van der Waals surface area contributed by atoms with Crippen molar-refractivity contribution < 1.29 is 18.8 Å². The molecule has 0 rings (SSSR count). The smallest absolute Gasteiger partial charge is 0.192 e. The van der Waals surface area contributed by atoms with Crippen LogP contribution in [-0.4, -0.2) is 45.8 Å². The lowest BCUT2D eigenvalue weighted by atomic mass is 9.79. The minimum atomic E-state index is -1.97. The van der Waals surface area contributed by atoms with Crippen LogP contribution in [0.1, 0.15) is 103 Å². The third kappa shape index (κ3) is 10.7. The topological polar surface area (TPSA) is 55.8 Å². The Kier molecular flexibility index (Phi) is 17.3. The van der Waals surface area contributed by atoms with Crippen molar-refractivity contribution in [2.24, 2.45) is 23.7 Å². The molecule has 0 unspecified atom stereocenters. The fraction of sp³-hybridized carbons (Fsp3) is 0.903. The van der Waals surface area contributed by atoms with E-state index in [0.717, 1.165) is 42.7 Å². The van der Waals surface area contributed by atoms with Gasteiger partial charge in [0.05, 0.1) is 18.3 Å². The Hall–Kier alpha value is -0.276. The van der Waals surface area contributed by atoms with Gasteiger partial charge in [0.25, 0.3) is 0 Å². The van der Waals surface area contributed by atoms with Gasteiger partial charge in [0, 0.05) is 24.2 Å². The van der Waals surface area contributed by atoms with E-state index in [4.69, 9.17) is 8.85 Å². The zero-order valence-electron chi connectivity index (χ0n) is 26.9. The highest BCUT2D eigenvalue weighted by molar-refractivity contribution is 6.74. The fourth-order valence-corrected chi connectivity index (χ4v) is 11.8. The number of rotatable bonds is 20. The lowest BCUT2D eigenvalue weighted by Crippen LogP contribution is -2.53. The number of ketones is 1. The van der Waals surface area contributed by atoms with E-state index in [1.54, 1.807) is 0 Å². The molecule has 6 heteroatoms. The molecule has 0 aliphatic heterocycles. The average Bonchev–Trinajstić information content (AvgIpc) is 2.89. The Bertz CT molecular complexity index is 654. The van der Waals surface area contributed by atoms with Gasteiger partial charge < -0.3 is 14.0 Å². The van der Waals surface area contributed by atoms with Crippen molar-refractivity contribution in [3.05, 3.63) is 11.6 Å². The van der Waals surface area contributed by atoms with E-state index in [1.807, 2.05) is 13.8 Å². The first-order chi connectivity index (χ1) is 17.3. The molecule has 0 amide bonds. The van der Waals surface area contributed by atoms with Gasteiger partial charge in [-0.05, 0) is 62.5 Å². The second-order valence-corrected chi connectivity index (χ2v) is 21.5. The first kappa shape index (κ1) is 36.7. The van der Waals surface area contributed by atoms with Crippen molar-refractivity contribution in [2.45, 2.75) is 157 Å². The van der Waals surface area contributed by atoms with E-state index in [0.29, 0.717) is 5.92 Å². The van der Waals surface area contributed by atoms with Gasteiger partial charge in [-0.1, -0.05) is 87.8 Å². The number of hydrogen-bond acceptors (Lipinski definition) is 4. The highest BCUT2D eigenvalue weighted by Crippen LogP contribution is 2.38. The third-order valence-corrected chi connectivity index (χ3v) is 18.8. The molecule has 0 saturated heterocycles. The number of aliphatic hydroxyl groups is 1. The van der Waals surface area contributed by atoms with Crippen LogP contribution in [0.3, 0.4) is 0 Å². The summed E-state index contributed by atoms with van der Waals surface area (Å²) in [7, 11) is -3.85. The summed E-state index contributed by atoms with van der Waals surface area (Å²) >= 11 is 0. The first-order valence-electron chi connectivity index (χ1n) is 15.4. The van der Waals surface area contributed by atoms with Crippen molar-refractivity contribution in [3.63, 3.8) is 0 Å². The maximum absolute atomic E-state index is 12.6. The van der Waals surface area contributed by atoms with Crippen LogP contribution >= 0.6 is 0 Å². The van der Waals surface area contributed by atoms with Gasteiger partial charge in [-0.15, -0.1) is 0 Å². The molecular weight excluding hydrogens is 493 g/mol. The van der Waals surface area contributed by atoms with Gasteiger partial charge >= 0.3 is 0 Å². The van der Waals surface area contributed by atoms with Crippen LogP contribution in [0, 0.1) is 23.7 Å². The number of carbonyl (C=O) groups is 1. The summed E-state index contributed by atoms with van der Waals surface area (Å²) < 4.78 is 14.5. The van der Waals surface area contributed by atoms with E-state index in [2.05, 4.69) is 82.2 Å². The van der Waals surface area contributed by atoms with Crippen molar-refractivity contribution in [1.82, 2.24) is 0 Å². The standard InChI is InChI=1S/C31H64O4Si2/c1-14-24(10)21-25(11)30(34-36(15-2,16-3)17-4)27(13)31(35-37(18-5,19-6)20-7)26(12)29(33)22-28(32)23(8)9/h14,23,25-27,29-31,33H,15-22H2,1-13H3/b24-14+/t25-,26+,27+,29+,30-,31-/m0/s1. The SMILES string of the molecule is C/C=C(\C)C[C@H](C)[C@H](O[Si](CC)(CC)CC)[C@@H](C)[C@@H](O[Si](CC)(CC)CC)[C@H](C)[C@H](O)CC(=O)C(C)C. The fourth-order valence-electron chi connectivity index (χ4n) is 5.79. The van der Waals surface area contributed by atoms with E-state index in [1.165, 1.54) is 5.57 Å². The molecule has 220 valence electrons. The predicted molar refractivity (Wildman–Crippen MR) is 166 cm³/mol. The van der Waals surface area contributed by atoms with Crippen LogP contribution in [0.5, 0.6) is 0 Å². The van der Waals surface area contributed by atoms with E-state index in [-0.39, 0.29) is 42.2 Å². The molecule has 0 saturated carbocycles. The Balaban J connectivity index is 6.61. The molecule has 0 radical (unpaired) electrons.